The van der Waals surface area contributed by atoms with E-state index in [1.165, 1.54) is 19.2 Å². The number of carbonyl (C=O) groups excluding carboxylic acids is 2. The number of para-hydroxylation sites is 1. The second kappa shape index (κ2) is 10.6. The maximum absolute atomic E-state index is 13.2. The second-order valence-corrected chi connectivity index (χ2v) is 10.7. The van der Waals surface area contributed by atoms with Crippen molar-refractivity contribution in [3.8, 4) is 11.1 Å². The molecule has 4 rings (SSSR count). The molecule has 0 aliphatic rings. The molecule has 0 saturated carbocycles. The van der Waals surface area contributed by atoms with Crippen molar-refractivity contribution in [1.82, 2.24) is 4.31 Å². The number of fused-ring (bicyclic) bond motifs is 1. The minimum atomic E-state index is -4.12. The quantitative estimate of drug-likeness (QED) is 0.321. The van der Waals surface area contributed by atoms with Crippen LogP contribution in [0.15, 0.2) is 88.2 Å². The molecule has 0 bridgehead atoms. The van der Waals surface area contributed by atoms with E-state index in [1.54, 1.807) is 62.4 Å². The molecule has 1 amide bonds. The third-order valence-corrected chi connectivity index (χ3v) is 7.68. The van der Waals surface area contributed by atoms with Gasteiger partial charge in [0.05, 0.1) is 12.0 Å². The molecular weight excluding hydrogens is 492 g/mol. The molecule has 0 aliphatic heterocycles. The number of furan rings is 1. The molecule has 1 heterocycles. The van der Waals surface area contributed by atoms with Crippen molar-refractivity contribution in [2.45, 2.75) is 24.8 Å². The third kappa shape index (κ3) is 5.42. The lowest BCUT2D eigenvalue weighted by atomic mass is 10.1. The highest BCUT2D eigenvalue weighted by Crippen LogP contribution is 2.26. The molecule has 37 heavy (non-hydrogen) atoms. The second-order valence-electron chi connectivity index (χ2n) is 8.81. The summed E-state index contributed by atoms with van der Waals surface area (Å²) >= 11 is 0. The van der Waals surface area contributed by atoms with Crippen LogP contribution in [-0.2, 0) is 19.6 Å². The van der Waals surface area contributed by atoms with Gasteiger partial charge in [0.15, 0.2) is 5.76 Å². The molecule has 1 N–H and O–H groups in total. The Morgan fingerprint density at radius 1 is 0.973 bits per heavy atom. The van der Waals surface area contributed by atoms with Crippen molar-refractivity contribution in [2.24, 2.45) is 5.92 Å². The average molecular weight is 522 g/mol. The van der Waals surface area contributed by atoms with Crippen LogP contribution in [0.25, 0.3) is 22.1 Å². The smallest absolute Gasteiger partial charge is 0.324 e. The van der Waals surface area contributed by atoms with Crippen LogP contribution in [0.1, 0.15) is 25.8 Å². The van der Waals surface area contributed by atoms with Crippen LogP contribution in [0.3, 0.4) is 0 Å². The predicted octanol–water partition coefficient (Wildman–Crippen LogP) is 5.17. The number of carbonyl (C=O) groups is 2. The van der Waals surface area contributed by atoms with E-state index in [9.17, 15) is 18.0 Å². The van der Waals surface area contributed by atoms with Crippen LogP contribution in [0.2, 0.25) is 0 Å². The minimum absolute atomic E-state index is 0.0298. The van der Waals surface area contributed by atoms with E-state index in [4.69, 9.17) is 10.5 Å². The summed E-state index contributed by atoms with van der Waals surface area (Å²) in [6, 6.07) is 21.2. The Kier molecular flexibility index (Phi) is 7.07. The van der Waals surface area contributed by atoms with Gasteiger partial charge >= 0.3 is 5.97 Å². The summed E-state index contributed by atoms with van der Waals surface area (Å²) in [4.78, 5) is 24.8. The van der Waals surface area contributed by atoms with Crippen LogP contribution in [0.4, 0.5) is 5.69 Å². The lowest BCUT2D eigenvalue weighted by Crippen LogP contribution is -2.46. The summed E-state index contributed by atoms with van der Waals surface area (Å²) in [6.45, 7) is 3.40. The lowest BCUT2D eigenvalue weighted by Gasteiger charge is -2.28. The van der Waals surface area contributed by atoms with E-state index in [0.717, 1.165) is 20.8 Å². The molecule has 0 saturated heterocycles. The number of sulfonamides is 1. The van der Waals surface area contributed by atoms with E-state index < -0.39 is 29.1 Å². The Labute approximate surface area is 217 Å². The van der Waals surface area contributed by atoms with Crippen LogP contribution in [0.5, 0.6) is 0 Å². The maximum atomic E-state index is 13.2. The molecule has 0 aliphatic carbocycles. The number of hydrogen-bond acceptors (Lipinski definition) is 6. The average Bonchev–Trinajstić information content (AvgIpc) is 3.36. The first-order chi connectivity index (χ1) is 18.1. The van der Waals surface area contributed by atoms with Crippen LogP contribution in [0, 0.1) is 5.92 Å². The van der Waals surface area contributed by atoms with Gasteiger partial charge in [0.2, 0.25) is 10.0 Å². The van der Waals surface area contributed by atoms with E-state index >= 15 is 0 Å². The Morgan fingerprint density at radius 2 is 1.59 bits per heavy atom. The molecule has 0 radical (unpaired) electrons. The van der Waals surface area contributed by atoms with Crippen molar-refractivity contribution >= 4 is 38.6 Å². The zero-order chi connectivity index (χ0) is 27.4. The molecule has 3 aromatic carbocycles. The highest BCUT2D eigenvalue weighted by atomic mass is 32.2. The van der Waals surface area contributed by atoms with Gasteiger partial charge in [0, 0.05) is 19.5 Å². The van der Waals surface area contributed by atoms with E-state index in [0.29, 0.717) is 11.3 Å². The van der Waals surface area contributed by atoms with Gasteiger partial charge in [-0.15, -0.1) is 0 Å². The van der Waals surface area contributed by atoms with Crippen molar-refractivity contribution in [3.63, 3.8) is 0 Å². The SMILES string of the molecule is [2H]CN([C@H](C(=O)OC)C(C)C)S(=O)(=O)c1ccc(-c2ccc(NC(=O)c3cc4ccccc4o3)cc2)cc1. The number of ether oxygens (including phenoxy) is 1. The zero-order valence-electron chi connectivity index (χ0n) is 21.7. The van der Waals surface area contributed by atoms with Gasteiger partial charge < -0.3 is 14.5 Å². The topological polar surface area (TPSA) is 106 Å². The van der Waals surface area contributed by atoms with Crippen molar-refractivity contribution in [2.75, 3.05) is 19.5 Å². The molecule has 0 spiro atoms. The fourth-order valence-electron chi connectivity index (χ4n) is 3.98. The fraction of sp³-hybridized carbons (Fsp3) is 0.214. The summed E-state index contributed by atoms with van der Waals surface area (Å²) in [5.41, 5.74) is 2.77. The number of benzene rings is 3. The van der Waals surface area contributed by atoms with Crippen LogP contribution < -0.4 is 5.32 Å². The molecular formula is C28H28N2O6S. The number of esters is 1. The Morgan fingerprint density at radius 3 is 2.16 bits per heavy atom. The van der Waals surface area contributed by atoms with Gasteiger partial charge in [-0.1, -0.05) is 56.3 Å². The highest BCUT2D eigenvalue weighted by Gasteiger charge is 2.35. The normalized spacial score (nSPS) is 12.9. The number of rotatable bonds is 8. The van der Waals surface area contributed by atoms with Gasteiger partial charge in [-0.3, -0.25) is 9.59 Å². The third-order valence-electron chi connectivity index (χ3n) is 5.97. The Balaban J connectivity index is 1.49. The molecule has 1 atom stereocenters. The number of likely N-dealkylation sites (N-methyl/N-ethyl adjacent to an activating group) is 1. The van der Waals surface area contributed by atoms with Gasteiger partial charge in [-0.2, -0.15) is 4.31 Å². The summed E-state index contributed by atoms with van der Waals surface area (Å²) < 4.78 is 45.5. The number of hydrogen-bond donors (Lipinski definition) is 1. The predicted molar refractivity (Wildman–Crippen MR) is 142 cm³/mol. The number of amides is 1. The first-order valence-corrected chi connectivity index (χ1v) is 13.0. The van der Waals surface area contributed by atoms with Gasteiger partial charge in [-0.05, 0) is 53.4 Å². The maximum Gasteiger partial charge on any atom is 0.324 e. The molecule has 192 valence electrons. The summed E-state index contributed by atoms with van der Waals surface area (Å²) in [6.07, 6.45) is 0. The molecule has 4 aromatic rings. The largest absolute Gasteiger partial charge is 0.468 e. The first kappa shape index (κ1) is 24.7. The number of methoxy groups -OCH3 is 1. The Hall–Kier alpha value is -3.95. The van der Waals surface area contributed by atoms with E-state index in [-0.39, 0.29) is 22.5 Å². The van der Waals surface area contributed by atoms with Crippen molar-refractivity contribution in [3.05, 3.63) is 84.6 Å². The summed E-state index contributed by atoms with van der Waals surface area (Å²) in [5.74, 6) is -1.25. The van der Waals surface area contributed by atoms with Crippen LogP contribution in [-0.4, -0.2) is 44.8 Å². The molecule has 9 heteroatoms. The highest BCUT2D eigenvalue weighted by molar-refractivity contribution is 7.89. The van der Waals surface area contributed by atoms with Crippen LogP contribution >= 0.6 is 0 Å². The van der Waals surface area contributed by atoms with Gasteiger partial charge in [0.1, 0.15) is 11.6 Å². The zero-order valence-corrected chi connectivity index (χ0v) is 21.5. The standard InChI is InChI=1S/C28H28N2O6S/c1-18(2)26(28(32)35-4)30(3)37(33,34)23-15-11-20(12-16-23)19-9-13-22(14-10-19)29-27(31)25-17-21-7-5-6-8-24(21)36-25/h5-18,26H,1-4H3,(H,29,31)/t26-/m0/s1/i3D. The van der Waals surface area contributed by atoms with Crippen molar-refractivity contribution < 1.29 is 28.5 Å². The Bertz CT molecular complexity index is 1510. The van der Waals surface area contributed by atoms with Crippen molar-refractivity contribution in [1.29, 1.82) is 0 Å². The molecule has 8 nitrogen and oxygen atoms in total. The number of nitrogens with zero attached hydrogens (tertiary/aromatic N) is 1. The number of anilines is 1. The van der Waals surface area contributed by atoms with E-state index in [1.807, 2.05) is 18.2 Å². The van der Waals surface area contributed by atoms with Gasteiger partial charge in [-0.25, -0.2) is 8.42 Å². The van der Waals surface area contributed by atoms with E-state index in [2.05, 4.69) is 5.32 Å². The molecule has 0 unspecified atom stereocenters. The molecule has 1 aromatic heterocycles. The fourth-order valence-corrected chi connectivity index (χ4v) is 5.36. The monoisotopic (exact) mass is 521 g/mol. The summed E-state index contributed by atoms with van der Waals surface area (Å²) in [7, 11) is -3.55. The first-order valence-electron chi connectivity index (χ1n) is 12.3. The summed E-state index contributed by atoms with van der Waals surface area (Å²) in [5, 5.41) is 3.65. The lowest BCUT2D eigenvalue weighted by molar-refractivity contribution is -0.146. The number of nitrogens with one attached hydrogen (secondary N) is 1. The minimum Gasteiger partial charge on any atom is -0.468 e. The molecule has 0 fully saturated rings. The van der Waals surface area contributed by atoms with Gasteiger partial charge in [0.25, 0.3) is 5.91 Å².